The average molecular weight is 260 g/mol. The summed E-state index contributed by atoms with van der Waals surface area (Å²) in [5, 5.41) is 3.53. The highest BCUT2D eigenvalue weighted by Crippen LogP contribution is 2.33. The maximum atomic E-state index is 3.53. The van der Waals surface area contributed by atoms with E-state index in [1.807, 2.05) is 0 Å². The molecule has 2 heteroatoms. The molecular formula is C17H28N2. The number of hydrogen-bond donors (Lipinski definition) is 1. The van der Waals surface area contributed by atoms with Crippen molar-refractivity contribution in [3.63, 3.8) is 0 Å². The second-order valence-corrected chi connectivity index (χ2v) is 6.29. The molecule has 1 aliphatic rings. The van der Waals surface area contributed by atoms with Crippen LogP contribution in [0, 0.1) is 11.8 Å². The zero-order valence-electron chi connectivity index (χ0n) is 12.8. The Morgan fingerprint density at radius 3 is 2.32 bits per heavy atom. The molecule has 0 radical (unpaired) electrons. The van der Waals surface area contributed by atoms with Gasteiger partial charge < -0.3 is 10.2 Å². The SMILES string of the molecule is CNC(c1ccccc1)C(C(C)C)N(C)CC1CC1. The molecule has 1 saturated carbocycles. The topological polar surface area (TPSA) is 15.3 Å². The number of nitrogens with zero attached hydrogens (tertiary/aromatic N) is 1. The molecule has 0 aliphatic heterocycles. The monoisotopic (exact) mass is 260 g/mol. The van der Waals surface area contributed by atoms with Gasteiger partial charge in [-0.3, -0.25) is 0 Å². The van der Waals surface area contributed by atoms with Gasteiger partial charge in [-0.25, -0.2) is 0 Å². The highest BCUT2D eigenvalue weighted by atomic mass is 15.2. The maximum absolute atomic E-state index is 3.53. The van der Waals surface area contributed by atoms with Crippen LogP contribution < -0.4 is 5.32 Å². The molecule has 1 aromatic rings. The Kier molecular flexibility index (Phi) is 5.00. The minimum Gasteiger partial charge on any atom is -0.312 e. The molecule has 1 N–H and O–H groups in total. The maximum Gasteiger partial charge on any atom is 0.0478 e. The zero-order valence-corrected chi connectivity index (χ0v) is 12.8. The predicted molar refractivity (Wildman–Crippen MR) is 82.2 cm³/mol. The summed E-state index contributed by atoms with van der Waals surface area (Å²) in [4.78, 5) is 2.57. The molecule has 106 valence electrons. The van der Waals surface area contributed by atoms with E-state index in [4.69, 9.17) is 0 Å². The summed E-state index contributed by atoms with van der Waals surface area (Å²) in [6, 6.07) is 11.8. The first-order valence-corrected chi connectivity index (χ1v) is 7.56. The van der Waals surface area contributed by atoms with Gasteiger partial charge in [0.1, 0.15) is 0 Å². The third-order valence-electron chi connectivity index (χ3n) is 4.25. The molecule has 1 fully saturated rings. The van der Waals surface area contributed by atoms with Gasteiger partial charge in [0.2, 0.25) is 0 Å². The molecule has 1 aliphatic carbocycles. The van der Waals surface area contributed by atoms with Gasteiger partial charge in [-0.2, -0.15) is 0 Å². The van der Waals surface area contributed by atoms with Crippen LogP contribution in [0.3, 0.4) is 0 Å². The van der Waals surface area contributed by atoms with Crippen molar-refractivity contribution in [3.8, 4) is 0 Å². The van der Waals surface area contributed by atoms with Crippen LogP contribution in [0.25, 0.3) is 0 Å². The number of hydrogen-bond acceptors (Lipinski definition) is 2. The second kappa shape index (κ2) is 6.53. The molecule has 0 amide bonds. The number of benzene rings is 1. The summed E-state index contributed by atoms with van der Waals surface area (Å²) in [7, 11) is 4.37. The van der Waals surface area contributed by atoms with Crippen molar-refractivity contribution in [1.29, 1.82) is 0 Å². The van der Waals surface area contributed by atoms with E-state index >= 15 is 0 Å². The van der Waals surface area contributed by atoms with Crippen molar-refractivity contribution in [2.75, 3.05) is 20.6 Å². The molecule has 2 nitrogen and oxygen atoms in total. The van der Waals surface area contributed by atoms with Crippen molar-refractivity contribution < 1.29 is 0 Å². The van der Waals surface area contributed by atoms with E-state index in [-0.39, 0.29) is 0 Å². The summed E-state index contributed by atoms with van der Waals surface area (Å²) >= 11 is 0. The summed E-state index contributed by atoms with van der Waals surface area (Å²) < 4.78 is 0. The summed E-state index contributed by atoms with van der Waals surface area (Å²) in [5.41, 5.74) is 1.39. The highest BCUT2D eigenvalue weighted by molar-refractivity contribution is 5.21. The van der Waals surface area contributed by atoms with Gasteiger partial charge in [-0.1, -0.05) is 44.2 Å². The fourth-order valence-electron chi connectivity index (χ4n) is 3.17. The molecule has 2 atom stereocenters. The van der Waals surface area contributed by atoms with Gasteiger partial charge >= 0.3 is 0 Å². The smallest absolute Gasteiger partial charge is 0.0478 e. The van der Waals surface area contributed by atoms with E-state index in [1.54, 1.807) is 0 Å². The van der Waals surface area contributed by atoms with E-state index in [0.29, 0.717) is 18.0 Å². The van der Waals surface area contributed by atoms with Gasteiger partial charge in [0, 0.05) is 18.6 Å². The Morgan fingerprint density at radius 1 is 1.21 bits per heavy atom. The molecule has 0 saturated heterocycles. The third kappa shape index (κ3) is 3.80. The van der Waals surface area contributed by atoms with Crippen LogP contribution in [0.1, 0.15) is 38.3 Å². The van der Waals surface area contributed by atoms with Crippen molar-refractivity contribution in [1.82, 2.24) is 10.2 Å². The lowest BCUT2D eigenvalue weighted by molar-refractivity contribution is 0.144. The fourth-order valence-corrected chi connectivity index (χ4v) is 3.17. The summed E-state index contributed by atoms with van der Waals surface area (Å²) in [6.45, 7) is 5.91. The van der Waals surface area contributed by atoms with Crippen molar-refractivity contribution in [3.05, 3.63) is 35.9 Å². The molecule has 0 spiro atoms. The average Bonchev–Trinajstić information content (AvgIpc) is 3.20. The summed E-state index contributed by atoms with van der Waals surface area (Å²) in [5.74, 6) is 1.58. The highest BCUT2D eigenvalue weighted by Gasteiger charge is 2.32. The van der Waals surface area contributed by atoms with Gasteiger partial charge in [0.05, 0.1) is 0 Å². The normalized spacial score (nSPS) is 18.8. The quantitative estimate of drug-likeness (QED) is 0.809. The third-order valence-corrected chi connectivity index (χ3v) is 4.25. The van der Waals surface area contributed by atoms with Crippen LogP contribution in [0.15, 0.2) is 30.3 Å². The van der Waals surface area contributed by atoms with Crippen molar-refractivity contribution in [2.45, 2.75) is 38.8 Å². The molecule has 0 aromatic heterocycles. The first-order chi connectivity index (χ1) is 9.13. The zero-order chi connectivity index (χ0) is 13.8. The molecule has 0 bridgehead atoms. The van der Waals surface area contributed by atoms with Crippen LogP contribution in [0.2, 0.25) is 0 Å². The minimum absolute atomic E-state index is 0.407. The molecule has 1 aromatic carbocycles. The lowest BCUT2D eigenvalue weighted by Gasteiger charge is -2.38. The first-order valence-electron chi connectivity index (χ1n) is 7.56. The van der Waals surface area contributed by atoms with Gasteiger partial charge in [0.15, 0.2) is 0 Å². The van der Waals surface area contributed by atoms with E-state index in [0.717, 1.165) is 5.92 Å². The number of likely N-dealkylation sites (N-methyl/N-ethyl adjacent to an activating group) is 2. The van der Waals surface area contributed by atoms with Gasteiger partial charge in [-0.05, 0) is 44.3 Å². The second-order valence-electron chi connectivity index (χ2n) is 6.29. The van der Waals surface area contributed by atoms with E-state index in [2.05, 4.69) is 68.5 Å². The molecule has 19 heavy (non-hydrogen) atoms. The largest absolute Gasteiger partial charge is 0.312 e. The Balaban J connectivity index is 2.15. The predicted octanol–water partition coefficient (Wildman–Crippen LogP) is 3.31. The summed E-state index contributed by atoms with van der Waals surface area (Å²) in [6.07, 6.45) is 2.84. The lowest BCUT2D eigenvalue weighted by Crippen LogP contribution is -2.46. The van der Waals surface area contributed by atoms with Crippen LogP contribution in [-0.4, -0.2) is 31.6 Å². The van der Waals surface area contributed by atoms with Gasteiger partial charge in [-0.15, -0.1) is 0 Å². The number of rotatable bonds is 7. The Labute approximate surface area is 118 Å². The molecule has 2 rings (SSSR count). The fraction of sp³-hybridized carbons (Fsp3) is 0.647. The van der Waals surface area contributed by atoms with E-state index in [1.165, 1.54) is 24.9 Å². The van der Waals surface area contributed by atoms with E-state index in [9.17, 15) is 0 Å². The molecule has 0 heterocycles. The Hall–Kier alpha value is -0.860. The molecule has 2 unspecified atom stereocenters. The minimum atomic E-state index is 0.407. The van der Waals surface area contributed by atoms with Crippen LogP contribution in [0.5, 0.6) is 0 Å². The van der Waals surface area contributed by atoms with E-state index < -0.39 is 0 Å². The van der Waals surface area contributed by atoms with Gasteiger partial charge in [0.25, 0.3) is 0 Å². The van der Waals surface area contributed by atoms with Crippen LogP contribution in [-0.2, 0) is 0 Å². The Bertz CT molecular complexity index is 370. The standard InChI is InChI=1S/C17H28N2/c1-13(2)17(19(4)12-14-10-11-14)16(18-3)15-8-6-5-7-9-15/h5-9,13-14,16-18H,10-12H2,1-4H3. The molecular weight excluding hydrogens is 232 g/mol. The van der Waals surface area contributed by atoms with Crippen LogP contribution in [0.4, 0.5) is 0 Å². The van der Waals surface area contributed by atoms with Crippen molar-refractivity contribution >= 4 is 0 Å². The number of nitrogens with one attached hydrogen (secondary N) is 1. The van der Waals surface area contributed by atoms with Crippen molar-refractivity contribution in [2.24, 2.45) is 11.8 Å². The Morgan fingerprint density at radius 2 is 1.84 bits per heavy atom. The lowest BCUT2D eigenvalue weighted by atomic mass is 9.90. The first kappa shape index (κ1) is 14.5. The van der Waals surface area contributed by atoms with Crippen LogP contribution >= 0.6 is 0 Å².